The van der Waals surface area contributed by atoms with Gasteiger partial charge in [0.1, 0.15) is 13.1 Å². The van der Waals surface area contributed by atoms with Crippen LogP contribution in [0.3, 0.4) is 0 Å². The SMILES string of the molecule is CC[N+](CC)(CC)Cc1ccc(C2c3cc(C)ccc3-c3cc4c(cc32)-c2ccc(C)cc2C4c2ccc(C)c(C)c2)cc1C[N+](CC)(CC)CC. The van der Waals surface area contributed by atoms with Crippen LogP contribution in [0.2, 0.25) is 0 Å². The van der Waals surface area contributed by atoms with Gasteiger partial charge in [0.2, 0.25) is 0 Å². The maximum Gasteiger partial charge on any atom is 0.105 e. The van der Waals surface area contributed by atoms with Crippen LogP contribution in [0.25, 0.3) is 22.3 Å². The lowest BCUT2D eigenvalue weighted by Gasteiger charge is -2.39. The summed E-state index contributed by atoms with van der Waals surface area (Å²) in [4.78, 5) is 0. The molecule has 0 heterocycles. The minimum Gasteiger partial charge on any atom is -0.321 e. The van der Waals surface area contributed by atoms with Gasteiger partial charge < -0.3 is 8.97 Å². The van der Waals surface area contributed by atoms with Crippen LogP contribution in [0.1, 0.15) is 120 Å². The molecule has 0 radical (unpaired) electrons. The quantitative estimate of drug-likeness (QED) is 0.112. The summed E-state index contributed by atoms with van der Waals surface area (Å²) in [6.45, 7) is 32.5. The predicted octanol–water partition coefficient (Wildman–Crippen LogP) is 12.0. The molecule has 0 N–H and O–H groups in total. The van der Waals surface area contributed by atoms with Gasteiger partial charge in [-0.25, -0.2) is 0 Å². The molecule has 5 aromatic rings. The molecular formula is C50H62N2+2. The van der Waals surface area contributed by atoms with E-state index >= 15 is 0 Å². The van der Waals surface area contributed by atoms with Crippen LogP contribution in [-0.4, -0.2) is 48.2 Å². The first-order chi connectivity index (χ1) is 25.0. The van der Waals surface area contributed by atoms with E-state index in [2.05, 4.69) is 154 Å². The Hall–Kier alpha value is -3.98. The molecule has 0 aromatic heterocycles. The van der Waals surface area contributed by atoms with Crippen LogP contribution in [0.4, 0.5) is 0 Å². The van der Waals surface area contributed by atoms with Gasteiger partial charge in [-0.05, 0) is 154 Å². The van der Waals surface area contributed by atoms with E-state index in [1.807, 2.05) is 0 Å². The lowest BCUT2D eigenvalue weighted by atomic mass is 9.84. The Bertz CT molecular complexity index is 2110. The molecule has 2 atom stereocenters. The van der Waals surface area contributed by atoms with Crippen LogP contribution in [0.5, 0.6) is 0 Å². The molecule has 2 aliphatic carbocycles. The van der Waals surface area contributed by atoms with Crippen molar-refractivity contribution in [1.29, 1.82) is 0 Å². The summed E-state index contributed by atoms with van der Waals surface area (Å²) in [5.74, 6) is 0.456. The van der Waals surface area contributed by atoms with Crippen LogP contribution in [-0.2, 0) is 13.1 Å². The van der Waals surface area contributed by atoms with Gasteiger partial charge in [-0.2, -0.15) is 0 Å². The van der Waals surface area contributed by atoms with E-state index in [9.17, 15) is 0 Å². The maximum absolute atomic E-state index is 2.65. The second kappa shape index (κ2) is 14.1. The number of hydrogen-bond donors (Lipinski definition) is 0. The summed E-state index contributed by atoms with van der Waals surface area (Å²) in [6.07, 6.45) is 0. The van der Waals surface area contributed by atoms with E-state index in [-0.39, 0.29) is 11.8 Å². The van der Waals surface area contributed by atoms with Crippen molar-refractivity contribution in [3.8, 4) is 22.3 Å². The van der Waals surface area contributed by atoms with E-state index in [0.29, 0.717) is 0 Å². The molecule has 2 unspecified atom stereocenters. The van der Waals surface area contributed by atoms with E-state index in [0.717, 1.165) is 41.7 Å². The molecule has 2 nitrogen and oxygen atoms in total. The molecule has 52 heavy (non-hydrogen) atoms. The number of hydrogen-bond acceptors (Lipinski definition) is 0. The highest BCUT2D eigenvalue weighted by molar-refractivity contribution is 5.89. The van der Waals surface area contributed by atoms with Gasteiger partial charge >= 0.3 is 0 Å². The maximum atomic E-state index is 2.65. The summed E-state index contributed by atoms with van der Waals surface area (Å²) in [6, 6.07) is 34.3. The summed E-state index contributed by atoms with van der Waals surface area (Å²) in [5, 5.41) is 0. The molecule has 0 fully saturated rings. The van der Waals surface area contributed by atoms with Gasteiger partial charge in [-0.15, -0.1) is 0 Å². The molecule has 0 saturated carbocycles. The van der Waals surface area contributed by atoms with Gasteiger partial charge in [0.25, 0.3) is 0 Å². The van der Waals surface area contributed by atoms with E-state index in [1.54, 1.807) is 11.1 Å². The lowest BCUT2D eigenvalue weighted by Crippen LogP contribution is -2.48. The fourth-order valence-electron chi connectivity index (χ4n) is 9.77. The molecule has 0 aliphatic heterocycles. The summed E-state index contributed by atoms with van der Waals surface area (Å²) >= 11 is 0. The fourth-order valence-corrected chi connectivity index (χ4v) is 9.77. The van der Waals surface area contributed by atoms with Crippen LogP contribution in [0, 0.1) is 27.7 Å². The molecule has 0 bridgehead atoms. The zero-order valence-corrected chi connectivity index (χ0v) is 33.8. The molecule has 0 spiro atoms. The topological polar surface area (TPSA) is 0 Å². The molecule has 0 saturated heterocycles. The normalized spacial score (nSPS) is 16.1. The minimum atomic E-state index is 0.215. The molecular weight excluding hydrogens is 629 g/mol. The van der Waals surface area contributed by atoms with Crippen molar-refractivity contribution >= 4 is 0 Å². The Morgan fingerprint density at radius 3 is 1.27 bits per heavy atom. The Labute approximate surface area is 315 Å². The number of rotatable bonds is 12. The molecule has 0 amide bonds. The molecule has 5 aromatic carbocycles. The number of aryl methyl sites for hydroxylation is 4. The summed E-state index contributed by atoms with van der Waals surface area (Å²) < 4.78 is 2.26. The van der Waals surface area contributed by atoms with Gasteiger partial charge in [0.05, 0.1) is 39.3 Å². The number of nitrogens with zero attached hydrogens (tertiary/aromatic N) is 2. The summed E-state index contributed by atoms with van der Waals surface area (Å²) in [7, 11) is 0. The smallest absolute Gasteiger partial charge is 0.105 e. The Morgan fingerprint density at radius 1 is 0.385 bits per heavy atom. The van der Waals surface area contributed by atoms with Crippen molar-refractivity contribution in [2.75, 3.05) is 39.3 Å². The molecule has 270 valence electrons. The van der Waals surface area contributed by atoms with Gasteiger partial charge in [0, 0.05) is 23.0 Å². The number of fused-ring (bicyclic) bond motifs is 6. The highest BCUT2D eigenvalue weighted by Crippen LogP contribution is 2.56. The third-order valence-corrected chi connectivity index (χ3v) is 13.9. The highest BCUT2D eigenvalue weighted by Gasteiger charge is 2.37. The monoisotopic (exact) mass is 690 g/mol. The third kappa shape index (κ3) is 6.06. The average molecular weight is 691 g/mol. The van der Waals surface area contributed by atoms with E-state index in [1.165, 1.54) is 97.5 Å². The van der Waals surface area contributed by atoms with Gasteiger partial charge in [-0.1, -0.05) is 77.9 Å². The van der Waals surface area contributed by atoms with E-state index in [4.69, 9.17) is 0 Å². The first-order valence-corrected chi connectivity index (χ1v) is 20.3. The van der Waals surface area contributed by atoms with Crippen molar-refractivity contribution in [1.82, 2.24) is 0 Å². The van der Waals surface area contributed by atoms with Gasteiger partial charge in [0.15, 0.2) is 0 Å². The van der Waals surface area contributed by atoms with Crippen molar-refractivity contribution < 1.29 is 8.97 Å². The van der Waals surface area contributed by atoms with E-state index < -0.39 is 0 Å². The highest BCUT2D eigenvalue weighted by atomic mass is 15.4. The fraction of sp³-hybridized carbons (Fsp3) is 0.400. The number of quaternary nitrogens is 2. The predicted molar refractivity (Wildman–Crippen MR) is 222 cm³/mol. The molecule has 2 heteroatoms. The Morgan fingerprint density at radius 2 is 0.808 bits per heavy atom. The van der Waals surface area contributed by atoms with Crippen LogP contribution >= 0.6 is 0 Å². The van der Waals surface area contributed by atoms with Crippen LogP contribution < -0.4 is 0 Å². The van der Waals surface area contributed by atoms with Crippen LogP contribution in [0.15, 0.2) is 84.9 Å². The summed E-state index contributed by atoms with van der Waals surface area (Å²) in [5.41, 5.74) is 22.8. The lowest BCUT2D eigenvalue weighted by molar-refractivity contribution is -0.939. The molecule has 7 rings (SSSR count). The zero-order chi connectivity index (χ0) is 36.9. The van der Waals surface area contributed by atoms with Crippen molar-refractivity contribution in [3.63, 3.8) is 0 Å². The Kier molecular flexibility index (Phi) is 9.87. The average Bonchev–Trinajstić information content (AvgIpc) is 3.64. The first kappa shape index (κ1) is 36.4. The third-order valence-electron chi connectivity index (χ3n) is 13.9. The number of benzene rings is 5. The largest absolute Gasteiger partial charge is 0.321 e. The van der Waals surface area contributed by atoms with Crippen molar-refractivity contribution in [2.24, 2.45) is 0 Å². The second-order valence-electron chi connectivity index (χ2n) is 16.3. The second-order valence-corrected chi connectivity index (χ2v) is 16.3. The zero-order valence-electron chi connectivity index (χ0n) is 33.8. The minimum absolute atomic E-state index is 0.215. The Balaban J connectivity index is 1.43. The van der Waals surface area contributed by atoms with Crippen molar-refractivity contribution in [2.45, 2.75) is 94.2 Å². The standard InChI is InChI=1S/C50H62N2/c1-11-51(12-2,13-3)31-39-22-21-38(28-40(39)32-52(14-4,15-5)16-6)50-46-26-34(8)18-24-42(46)44-29-47-43(30-48(44)50)41-23-17-33(7)25-45(41)49(47)37-20-19-35(9)36(10)27-37/h17-30,49-50H,11-16,31-32H2,1-10H3/q+2. The molecule has 2 aliphatic rings. The van der Waals surface area contributed by atoms with Gasteiger partial charge in [-0.3, -0.25) is 0 Å². The van der Waals surface area contributed by atoms with Crippen molar-refractivity contribution in [3.05, 3.63) is 152 Å². The first-order valence-electron chi connectivity index (χ1n) is 20.3.